The molecule has 2 aliphatic heterocycles. The van der Waals surface area contributed by atoms with Crippen molar-refractivity contribution < 1.29 is 14.3 Å². The number of carbonyl (C=O) groups excluding carboxylic acids is 2. The van der Waals surface area contributed by atoms with Crippen molar-refractivity contribution >= 4 is 12.1 Å². The van der Waals surface area contributed by atoms with Crippen LogP contribution in [0.15, 0.2) is 18.6 Å². The molecule has 28 heavy (non-hydrogen) atoms. The molecule has 0 aliphatic carbocycles. The summed E-state index contributed by atoms with van der Waals surface area (Å²) >= 11 is 0. The van der Waals surface area contributed by atoms with Crippen molar-refractivity contribution in [2.45, 2.75) is 57.4 Å². The number of nitrogens with one attached hydrogen (secondary N) is 1. The van der Waals surface area contributed by atoms with Gasteiger partial charge in [0.05, 0.1) is 11.7 Å². The van der Waals surface area contributed by atoms with Gasteiger partial charge in [-0.3, -0.25) is 9.97 Å². The van der Waals surface area contributed by atoms with Crippen LogP contribution >= 0.6 is 0 Å². The first-order valence-electron chi connectivity index (χ1n) is 10.4. The monoisotopic (exact) mass is 389 g/mol. The van der Waals surface area contributed by atoms with Gasteiger partial charge in [0.25, 0.3) is 0 Å². The average molecular weight is 390 g/mol. The van der Waals surface area contributed by atoms with Crippen LogP contribution in [0.5, 0.6) is 0 Å². The number of likely N-dealkylation sites (tertiary alicyclic amines) is 2. The second kappa shape index (κ2) is 10.8. The lowest BCUT2D eigenvalue weighted by Gasteiger charge is -2.35. The summed E-state index contributed by atoms with van der Waals surface area (Å²) in [5.41, 5.74) is 0.851. The fourth-order valence-corrected chi connectivity index (χ4v) is 3.81. The van der Waals surface area contributed by atoms with Crippen molar-refractivity contribution in [2.24, 2.45) is 0 Å². The molecular weight excluding hydrogens is 358 g/mol. The smallest absolute Gasteiger partial charge is 0.409 e. The number of aromatic nitrogens is 2. The van der Waals surface area contributed by atoms with Crippen LogP contribution in [0.4, 0.5) is 9.59 Å². The van der Waals surface area contributed by atoms with Gasteiger partial charge in [-0.2, -0.15) is 0 Å². The van der Waals surface area contributed by atoms with Crippen LogP contribution in [-0.4, -0.2) is 70.7 Å². The maximum absolute atomic E-state index is 12.6. The van der Waals surface area contributed by atoms with Crippen molar-refractivity contribution in [1.29, 1.82) is 0 Å². The first-order valence-corrected chi connectivity index (χ1v) is 10.4. The highest BCUT2D eigenvalue weighted by Gasteiger charge is 2.28. The largest absolute Gasteiger partial charge is 0.447 e. The van der Waals surface area contributed by atoms with Gasteiger partial charge in [-0.15, -0.1) is 0 Å². The standard InChI is InChI=1S/C20H31N5O3/c26-19(23-9-8-17-15-21-10-11-22-17)25-14-6-3-7-18(25)16-28-20(27)24-12-4-1-2-5-13-24/h10-11,15,18H,1-9,12-14,16H2,(H,23,26). The highest BCUT2D eigenvalue weighted by molar-refractivity contribution is 5.74. The molecule has 0 aromatic carbocycles. The third-order valence-electron chi connectivity index (χ3n) is 5.43. The van der Waals surface area contributed by atoms with Crippen LogP contribution in [0.2, 0.25) is 0 Å². The number of rotatable bonds is 5. The zero-order valence-electron chi connectivity index (χ0n) is 16.5. The van der Waals surface area contributed by atoms with E-state index in [-0.39, 0.29) is 24.8 Å². The van der Waals surface area contributed by atoms with E-state index in [1.807, 2.05) is 4.90 Å². The van der Waals surface area contributed by atoms with Gasteiger partial charge in [0.1, 0.15) is 6.61 Å². The van der Waals surface area contributed by atoms with Crippen LogP contribution in [0.3, 0.4) is 0 Å². The molecule has 1 aromatic heterocycles. The summed E-state index contributed by atoms with van der Waals surface area (Å²) in [4.78, 5) is 36.9. The molecule has 1 N–H and O–H groups in total. The molecule has 2 saturated heterocycles. The number of nitrogens with zero attached hydrogens (tertiary/aromatic N) is 4. The molecule has 1 aromatic rings. The fourth-order valence-electron chi connectivity index (χ4n) is 3.81. The van der Waals surface area contributed by atoms with Crippen molar-refractivity contribution in [3.8, 4) is 0 Å². The van der Waals surface area contributed by atoms with Gasteiger partial charge in [-0.05, 0) is 32.1 Å². The van der Waals surface area contributed by atoms with E-state index in [0.29, 0.717) is 19.5 Å². The maximum atomic E-state index is 12.6. The SMILES string of the molecule is O=C(OCC1CCCCN1C(=O)NCCc1cnccn1)N1CCCCCC1. The molecule has 0 radical (unpaired) electrons. The number of hydrogen-bond acceptors (Lipinski definition) is 5. The van der Waals surface area contributed by atoms with E-state index in [0.717, 1.165) is 50.9 Å². The zero-order valence-corrected chi connectivity index (χ0v) is 16.5. The Morgan fingerprint density at radius 2 is 1.86 bits per heavy atom. The van der Waals surface area contributed by atoms with Gasteiger partial charge in [-0.1, -0.05) is 12.8 Å². The molecule has 154 valence electrons. The summed E-state index contributed by atoms with van der Waals surface area (Å²) in [6, 6.07) is -0.152. The molecular formula is C20H31N5O3. The second-order valence-corrected chi connectivity index (χ2v) is 7.50. The average Bonchev–Trinajstić information content (AvgIpc) is 3.02. The van der Waals surface area contributed by atoms with Crippen molar-refractivity contribution in [3.05, 3.63) is 24.3 Å². The van der Waals surface area contributed by atoms with Crippen LogP contribution in [0.25, 0.3) is 0 Å². The third kappa shape index (κ3) is 6.07. The van der Waals surface area contributed by atoms with Gasteiger partial charge in [-0.25, -0.2) is 9.59 Å². The minimum Gasteiger partial charge on any atom is -0.447 e. The van der Waals surface area contributed by atoms with Gasteiger partial charge in [0.15, 0.2) is 0 Å². The summed E-state index contributed by atoms with van der Waals surface area (Å²) in [5.74, 6) is 0. The lowest BCUT2D eigenvalue weighted by molar-refractivity contribution is 0.0619. The summed E-state index contributed by atoms with van der Waals surface area (Å²) in [6.45, 7) is 3.02. The lowest BCUT2D eigenvalue weighted by atomic mass is 10.0. The summed E-state index contributed by atoms with van der Waals surface area (Å²) in [6.07, 6.45) is 12.7. The number of urea groups is 1. The molecule has 0 saturated carbocycles. The van der Waals surface area contributed by atoms with Crippen molar-refractivity contribution in [3.63, 3.8) is 0 Å². The zero-order chi connectivity index (χ0) is 19.6. The minimum atomic E-state index is -0.240. The molecule has 1 unspecified atom stereocenters. The van der Waals surface area contributed by atoms with E-state index in [9.17, 15) is 9.59 Å². The third-order valence-corrected chi connectivity index (χ3v) is 5.43. The first-order chi connectivity index (χ1) is 13.7. The van der Waals surface area contributed by atoms with E-state index in [1.165, 1.54) is 12.8 Å². The number of amides is 3. The molecule has 0 bridgehead atoms. The highest BCUT2D eigenvalue weighted by atomic mass is 16.6. The summed E-state index contributed by atoms with van der Waals surface area (Å²) in [7, 11) is 0. The van der Waals surface area contributed by atoms with E-state index < -0.39 is 0 Å². The topological polar surface area (TPSA) is 87.7 Å². The van der Waals surface area contributed by atoms with Crippen molar-refractivity contribution in [2.75, 3.05) is 32.8 Å². The Morgan fingerprint density at radius 1 is 1.07 bits per heavy atom. The van der Waals surface area contributed by atoms with Gasteiger partial charge >= 0.3 is 12.1 Å². The molecule has 3 amide bonds. The number of ether oxygens (including phenoxy) is 1. The molecule has 1 atom stereocenters. The molecule has 2 aliphatic rings. The Kier molecular flexibility index (Phi) is 7.87. The van der Waals surface area contributed by atoms with E-state index in [4.69, 9.17) is 4.74 Å². The number of hydrogen-bond donors (Lipinski definition) is 1. The quantitative estimate of drug-likeness (QED) is 0.836. The Bertz CT molecular complexity index is 620. The van der Waals surface area contributed by atoms with E-state index in [1.54, 1.807) is 23.5 Å². The van der Waals surface area contributed by atoms with Gasteiger partial charge in [0.2, 0.25) is 0 Å². The first kappa shape index (κ1) is 20.4. The number of piperidine rings is 1. The van der Waals surface area contributed by atoms with Crippen molar-refractivity contribution in [1.82, 2.24) is 25.1 Å². The predicted octanol–water partition coefficient (Wildman–Crippen LogP) is 2.60. The Hall–Kier alpha value is -2.38. The second-order valence-electron chi connectivity index (χ2n) is 7.50. The lowest BCUT2D eigenvalue weighted by Crippen LogP contribution is -2.51. The molecule has 2 fully saturated rings. The molecule has 3 heterocycles. The molecule has 8 nitrogen and oxygen atoms in total. The Labute approximate surface area is 166 Å². The van der Waals surface area contributed by atoms with Crippen LogP contribution in [0, 0.1) is 0 Å². The Balaban J connectivity index is 1.44. The summed E-state index contributed by atoms with van der Waals surface area (Å²) < 4.78 is 5.58. The fraction of sp³-hybridized carbons (Fsp3) is 0.700. The van der Waals surface area contributed by atoms with Crippen LogP contribution < -0.4 is 5.32 Å². The maximum Gasteiger partial charge on any atom is 0.409 e. The van der Waals surface area contributed by atoms with Crippen LogP contribution in [0.1, 0.15) is 50.6 Å². The van der Waals surface area contributed by atoms with Gasteiger partial charge in [0, 0.05) is 51.2 Å². The van der Waals surface area contributed by atoms with Gasteiger partial charge < -0.3 is 19.9 Å². The minimum absolute atomic E-state index is 0.0544. The molecule has 8 heteroatoms. The molecule has 3 rings (SSSR count). The highest BCUT2D eigenvalue weighted by Crippen LogP contribution is 2.18. The van der Waals surface area contributed by atoms with Crippen LogP contribution in [-0.2, 0) is 11.2 Å². The molecule has 0 spiro atoms. The Morgan fingerprint density at radius 3 is 2.61 bits per heavy atom. The predicted molar refractivity (Wildman–Crippen MR) is 105 cm³/mol. The van der Waals surface area contributed by atoms with E-state index in [2.05, 4.69) is 15.3 Å². The number of carbonyl (C=O) groups is 2. The normalized spacial score (nSPS) is 20.4. The summed E-state index contributed by atoms with van der Waals surface area (Å²) in [5, 5.41) is 2.96. The van der Waals surface area contributed by atoms with E-state index >= 15 is 0 Å².